The standard InChI is InChI=1S/C24H26N4O4S/c1-12-4-17(19-20(25)21(22(26)29)33-23(19)28-12)14-5-13-2-3-15(6-18(13)30-8-14)32-16-7-24(31-9-16)10-27-11-24/h2-4,6,14,16,27H,5,7-11,25H2,1H3,(H2,26,29)/t14-,16+/m0/s1. The molecule has 5 heterocycles. The fraction of sp³-hybridized carbons (Fsp3) is 0.417. The number of rotatable bonds is 4. The van der Waals surface area contributed by atoms with E-state index >= 15 is 0 Å². The molecule has 3 aliphatic rings. The molecule has 2 aromatic heterocycles. The predicted molar refractivity (Wildman–Crippen MR) is 126 cm³/mol. The van der Waals surface area contributed by atoms with Crippen LogP contribution >= 0.6 is 11.3 Å². The summed E-state index contributed by atoms with van der Waals surface area (Å²) < 4.78 is 18.3. The molecule has 0 saturated carbocycles. The Balaban J connectivity index is 1.24. The number of aromatic nitrogens is 1. The lowest BCUT2D eigenvalue weighted by atomic mass is 9.88. The van der Waals surface area contributed by atoms with Crippen molar-refractivity contribution >= 4 is 33.1 Å². The fourth-order valence-corrected chi connectivity index (χ4v) is 6.16. The van der Waals surface area contributed by atoms with Crippen molar-refractivity contribution in [2.75, 3.05) is 32.0 Å². The molecule has 2 fully saturated rings. The number of nitrogens with one attached hydrogen (secondary N) is 1. The Hall–Kier alpha value is -2.88. The summed E-state index contributed by atoms with van der Waals surface area (Å²) in [5.41, 5.74) is 15.3. The Morgan fingerprint density at radius 2 is 2.15 bits per heavy atom. The van der Waals surface area contributed by atoms with Crippen LogP contribution in [0.15, 0.2) is 24.3 Å². The first kappa shape index (κ1) is 20.7. The number of fused-ring (bicyclic) bond motifs is 2. The highest BCUT2D eigenvalue weighted by molar-refractivity contribution is 7.21. The lowest BCUT2D eigenvalue weighted by Gasteiger charge is -2.37. The van der Waals surface area contributed by atoms with Crippen LogP contribution in [-0.4, -0.2) is 48.9 Å². The number of thiophene rings is 1. The second-order valence-corrected chi connectivity index (χ2v) is 10.3. The number of hydrogen-bond acceptors (Lipinski definition) is 8. The van der Waals surface area contributed by atoms with Gasteiger partial charge in [0.25, 0.3) is 5.91 Å². The molecule has 0 unspecified atom stereocenters. The van der Waals surface area contributed by atoms with Gasteiger partial charge in [0, 0.05) is 42.6 Å². The molecule has 1 spiro atoms. The minimum atomic E-state index is -0.524. The zero-order chi connectivity index (χ0) is 22.7. The van der Waals surface area contributed by atoms with E-state index in [1.54, 1.807) is 0 Å². The number of benzene rings is 1. The maximum atomic E-state index is 11.8. The highest BCUT2D eigenvalue weighted by Crippen LogP contribution is 2.42. The van der Waals surface area contributed by atoms with Gasteiger partial charge in [-0.1, -0.05) is 6.07 Å². The molecule has 1 amide bonds. The van der Waals surface area contributed by atoms with Gasteiger partial charge >= 0.3 is 0 Å². The molecule has 5 N–H and O–H groups in total. The van der Waals surface area contributed by atoms with E-state index in [2.05, 4.69) is 16.4 Å². The van der Waals surface area contributed by atoms with Gasteiger partial charge in [0.1, 0.15) is 27.3 Å². The minimum absolute atomic E-state index is 0.0333. The molecule has 3 aliphatic heterocycles. The van der Waals surface area contributed by atoms with Crippen molar-refractivity contribution in [2.24, 2.45) is 5.73 Å². The molecule has 6 rings (SSSR count). The summed E-state index contributed by atoms with van der Waals surface area (Å²) in [6.45, 7) is 4.88. The average Bonchev–Trinajstić information content (AvgIpc) is 3.34. The Bertz CT molecular complexity index is 1270. The van der Waals surface area contributed by atoms with Gasteiger partial charge in [0.05, 0.1) is 24.5 Å². The van der Waals surface area contributed by atoms with Crippen LogP contribution in [0, 0.1) is 6.92 Å². The van der Waals surface area contributed by atoms with Gasteiger partial charge < -0.3 is 31.0 Å². The first-order valence-electron chi connectivity index (χ1n) is 11.2. The first-order chi connectivity index (χ1) is 15.9. The highest BCUT2D eigenvalue weighted by Gasteiger charge is 2.46. The summed E-state index contributed by atoms with van der Waals surface area (Å²) in [6, 6.07) is 8.10. The molecule has 33 heavy (non-hydrogen) atoms. The van der Waals surface area contributed by atoms with Crippen LogP contribution in [0.4, 0.5) is 5.69 Å². The van der Waals surface area contributed by atoms with Gasteiger partial charge in [-0.05, 0) is 36.6 Å². The third-order valence-electron chi connectivity index (χ3n) is 6.84. The number of nitrogen functional groups attached to an aromatic ring is 1. The summed E-state index contributed by atoms with van der Waals surface area (Å²) in [5, 5.41) is 4.09. The molecular weight excluding hydrogens is 440 g/mol. The SMILES string of the molecule is Cc1cc([C@@H]2COc3cc(O[C@H]4COC5(CNC5)C4)ccc3C2)c2c(N)c(C(N)=O)sc2n1. The normalized spacial score (nSPS) is 23.2. The number of primary amides is 1. The third-order valence-corrected chi connectivity index (χ3v) is 7.95. The number of nitrogens with two attached hydrogens (primary N) is 2. The van der Waals surface area contributed by atoms with Crippen LogP contribution in [0.3, 0.4) is 0 Å². The summed E-state index contributed by atoms with van der Waals surface area (Å²) in [7, 11) is 0. The van der Waals surface area contributed by atoms with Crippen molar-refractivity contribution in [2.45, 2.75) is 37.4 Å². The third kappa shape index (κ3) is 3.51. The molecule has 1 aromatic carbocycles. The first-order valence-corrected chi connectivity index (χ1v) is 12.0. The van der Waals surface area contributed by atoms with E-state index in [-0.39, 0.29) is 17.6 Å². The molecule has 0 bridgehead atoms. The van der Waals surface area contributed by atoms with Crippen molar-refractivity contribution in [3.63, 3.8) is 0 Å². The topological polar surface area (TPSA) is 122 Å². The number of ether oxygens (including phenoxy) is 3. The fourth-order valence-electron chi connectivity index (χ4n) is 5.13. The average molecular weight is 467 g/mol. The van der Waals surface area contributed by atoms with Crippen LogP contribution in [0.1, 0.15) is 38.8 Å². The quantitative estimate of drug-likeness (QED) is 0.540. The molecule has 0 aliphatic carbocycles. The van der Waals surface area contributed by atoms with E-state index in [1.165, 1.54) is 11.3 Å². The molecule has 2 saturated heterocycles. The van der Waals surface area contributed by atoms with E-state index in [9.17, 15) is 4.79 Å². The van der Waals surface area contributed by atoms with Crippen molar-refractivity contribution in [3.05, 3.63) is 46.0 Å². The van der Waals surface area contributed by atoms with Crippen LogP contribution < -0.4 is 26.3 Å². The van der Waals surface area contributed by atoms with Crippen molar-refractivity contribution in [1.29, 1.82) is 0 Å². The largest absolute Gasteiger partial charge is 0.493 e. The Morgan fingerprint density at radius 3 is 2.88 bits per heavy atom. The molecule has 172 valence electrons. The highest BCUT2D eigenvalue weighted by atomic mass is 32.1. The van der Waals surface area contributed by atoms with E-state index < -0.39 is 5.91 Å². The van der Waals surface area contributed by atoms with E-state index in [4.69, 9.17) is 25.7 Å². The molecule has 9 heteroatoms. The van der Waals surface area contributed by atoms with Crippen molar-refractivity contribution < 1.29 is 19.0 Å². The maximum Gasteiger partial charge on any atom is 0.260 e. The monoisotopic (exact) mass is 466 g/mol. The number of aryl methyl sites for hydroxylation is 1. The van der Waals surface area contributed by atoms with Gasteiger partial charge in [0.2, 0.25) is 0 Å². The second kappa shape index (κ2) is 7.58. The van der Waals surface area contributed by atoms with Crippen LogP contribution in [0.2, 0.25) is 0 Å². The van der Waals surface area contributed by atoms with E-state index in [0.717, 1.165) is 64.5 Å². The number of anilines is 1. The summed E-state index contributed by atoms with van der Waals surface area (Å²) >= 11 is 1.25. The lowest BCUT2D eigenvalue weighted by Crippen LogP contribution is -2.59. The van der Waals surface area contributed by atoms with Gasteiger partial charge in [-0.2, -0.15) is 0 Å². The Morgan fingerprint density at radius 1 is 1.30 bits per heavy atom. The summed E-state index contributed by atoms with van der Waals surface area (Å²) in [4.78, 5) is 17.5. The predicted octanol–water partition coefficient (Wildman–Crippen LogP) is 2.51. The zero-order valence-corrected chi connectivity index (χ0v) is 19.2. The number of nitrogens with zero attached hydrogens (tertiary/aromatic N) is 1. The molecular formula is C24H26N4O4S. The number of carbonyl (C=O) groups excluding carboxylic acids is 1. The number of pyridine rings is 1. The van der Waals surface area contributed by atoms with Crippen molar-refractivity contribution in [3.8, 4) is 11.5 Å². The van der Waals surface area contributed by atoms with Gasteiger partial charge in [0.15, 0.2) is 0 Å². The number of amides is 1. The molecule has 2 atom stereocenters. The van der Waals surface area contributed by atoms with Gasteiger partial charge in [-0.3, -0.25) is 4.79 Å². The molecule has 0 radical (unpaired) electrons. The van der Waals surface area contributed by atoms with E-state index in [1.807, 2.05) is 25.1 Å². The van der Waals surface area contributed by atoms with Crippen molar-refractivity contribution in [1.82, 2.24) is 10.3 Å². The summed E-state index contributed by atoms with van der Waals surface area (Å²) in [6.07, 6.45) is 1.78. The van der Waals surface area contributed by atoms with Gasteiger partial charge in [-0.15, -0.1) is 11.3 Å². The number of carbonyl (C=O) groups is 1. The lowest BCUT2D eigenvalue weighted by molar-refractivity contribution is -0.0368. The molecule has 8 nitrogen and oxygen atoms in total. The van der Waals surface area contributed by atoms with Crippen LogP contribution in [-0.2, 0) is 11.2 Å². The maximum absolute atomic E-state index is 11.8. The minimum Gasteiger partial charge on any atom is -0.493 e. The molecule has 3 aromatic rings. The second-order valence-electron chi connectivity index (χ2n) is 9.27. The van der Waals surface area contributed by atoms with E-state index in [0.29, 0.717) is 23.8 Å². The summed E-state index contributed by atoms with van der Waals surface area (Å²) in [5.74, 6) is 1.23. The smallest absolute Gasteiger partial charge is 0.260 e. The van der Waals surface area contributed by atoms with Crippen LogP contribution in [0.5, 0.6) is 11.5 Å². The number of hydrogen-bond donors (Lipinski definition) is 3. The van der Waals surface area contributed by atoms with Crippen LogP contribution in [0.25, 0.3) is 10.2 Å². The zero-order valence-electron chi connectivity index (χ0n) is 18.3. The Kier molecular flexibility index (Phi) is 4.76. The Labute approximate surface area is 195 Å². The van der Waals surface area contributed by atoms with Gasteiger partial charge in [-0.25, -0.2) is 4.98 Å².